The number of pyridine rings is 1. The maximum absolute atomic E-state index is 12.2. The molecule has 6 nitrogen and oxygen atoms in total. The van der Waals surface area contributed by atoms with Gasteiger partial charge in [0.2, 0.25) is 0 Å². The number of nitrogens with two attached hydrogens (primary N) is 1. The summed E-state index contributed by atoms with van der Waals surface area (Å²) in [4.78, 5) is 16.2. The van der Waals surface area contributed by atoms with Crippen LogP contribution in [-0.4, -0.2) is 20.3 Å². The first-order valence-electron chi connectivity index (χ1n) is 7.32. The predicted molar refractivity (Wildman–Crippen MR) is 89.2 cm³/mol. The van der Waals surface area contributed by atoms with Gasteiger partial charge in [-0.3, -0.25) is 4.79 Å². The maximum Gasteiger partial charge on any atom is 0.271 e. The second-order valence-corrected chi connectivity index (χ2v) is 5.47. The van der Waals surface area contributed by atoms with E-state index in [2.05, 4.69) is 4.98 Å². The fourth-order valence-corrected chi connectivity index (χ4v) is 2.35. The Morgan fingerprint density at radius 2 is 2.04 bits per heavy atom. The van der Waals surface area contributed by atoms with Crippen LogP contribution in [0.15, 0.2) is 59.9 Å². The lowest BCUT2D eigenvalue weighted by Gasteiger charge is -2.13. The van der Waals surface area contributed by atoms with E-state index in [-0.39, 0.29) is 11.7 Å². The van der Waals surface area contributed by atoms with Crippen molar-refractivity contribution in [3.05, 3.63) is 65.5 Å². The summed E-state index contributed by atoms with van der Waals surface area (Å²) in [5, 5.41) is 0. The fraction of sp³-hybridized carbons (Fsp3) is 0.176. The summed E-state index contributed by atoms with van der Waals surface area (Å²) in [5.74, 6) is 6.66. The molecular weight excluding hydrogens is 292 g/mol. The molecule has 1 aromatic carbocycles. The fourth-order valence-electron chi connectivity index (χ4n) is 2.35. The molecule has 0 saturated heterocycles. The van der Waals surface area contributed by atoms with Gasteiger partial charge in [0.1, 0.15) is 5.75 Å². The number of imidazole rings is 1. The highest BCUT2D eigenvalue weighted by Crippen LogP contribution is 2.24. The lowest BCUT2D eigenvalue weighted by atomic mass is 10.1. The van der Waals surface area contributed by atoms with Crippen LogP contribution in [0.2, 0.25) is 0 Å². The van der Waals surface area contributed by atoms with Gasteiger partial charge in [0.25, 0.3) is 5.56 Å². The molecule has 0 spiro atoms. The largest absolute Gasteiger partial charge is 0.491 e. The van der Waals surface area contributed by atoms with E-state index >= 15 is 0 Å². The Bertz CT molecular complexity index is 867. The maximum atomic E-state index is 12.2. The normalized spacial score (nSPS) is 10.9. The van der Waals surface area contributed by atoms with Crippen LogP contribution < -0.4 is 16.1 Å². The van der Waals surface area contributed by atoms with Crippen molar-refractivity contribution in [2.75, 3.05) is 5.84 Å². The van der Waals surface area contributed by atoms with Crippen molar-refractivity contribution in [1.82, 2.24) is 14.2 Å². The lowest BCUT2D eigenvalue weighted by Crippen LogP contribution is -2.28. The molecule has 0 radical (unpaired) electrons. The van der Waals surface area contributed by atoms with Crippen molar-refractivity contribution in [3.8, 4) is 22.7 Å². The summed E-state index contributed by atoms with van der Waals surface area (Å²) in [7, 11) is 0. The molecule has 0 unspecified atom stereocenters. The van der Waals surface area contributed by atoms with Crippen LogP contribution in [-0.2, 0) is 0 Å². The number of benzene rings is 1. The third kappa shape index (κ3) is 3.11. The molecule has 0 aliphatic carbocycles. The molecule has 0 fully saturated rings. The van der Waals surface area contributed by atoms with Gasteiger partial charge < -0.3 is 15.1 Å². The zero-order valence-corrected chi connectivity index (χ0v) is 13.0. The van der Waals surface area contributed by atoms with Gasteiger partial charge in [-0.2, -0.15) is 0 Å². The Balaban J connectivity index is 2.11. The predicted octanol–water partition coefficient (Wildman–Crippen LogP) is 2.20. The molecule has 0 saturated carbocycles. The molecule has 0 amide bonds. The number of nitrogens with zero attached hydrogens (tertiary/aromatic N) is 3. The van der Waals surface area contributed by atoms with E-state index in [4.69, 9.17) is 10.6 Å². The molecule has 3 aromatic rings. The Kier molecular flexibility index (Phi) is 3.89. The van der Waals surface area contributed by atoms with Crippen LogP contribution >= 0.6 is 0 Å². The molecule has 2 aromatic heterocycles. The minimum absolute atomic E-state index is 0.0719. The van der Waals surface area contributed by atoms with Crippen LogP contribution in [0, 0.1) is 0 Å². The molecule has 0 bridgehead atoms. The van der Waals surface area contributed by atoms with E-state index in [1.165, 1.54) is 6.07 Å². The average molecular weight is 310 g/mol. The van der Waals surface area contributed by atoms with Crippen molar-refractivity contribution in [2.24, 2.45) is 0 Å². The molecule has 6 heteroatoms. The van der Waals surface area contributed by atoms with Crippen molar-refractivity contribution < 1.29 is 4.74 Å². The molecule has 0 aliphatic heterocycles. The third-order valence-electron chi connectivity index (χ3n) is 3.36. The first-order chi connectivity index (χ1) is 11.0. The summed E-state index contributed by atoms with van der Waals surface area (Å²) in [6.45, 7) is 3.93. The van der Waals surface area contributed by atoms with Crippen molar-refractivity contribution in [2.45, 2.75) is 20.0 Å². The molecule has 2 N–H and O–H groups in total. The summed E-state index contributed by atoms with van der Waals surface area (Å²) in [5.41, 5.74) is 1.83. The minimum Gasteiger partial charge on any atom is -0.491 e. The van der Waals surface area contributed by atoms with Crippen molar-refractivity contribution in [1.29, 1.82) is 0 Å². The SMILES string of the molecule is CC(C)Oc1cccc(-c2cc(-n3ccnc3)cc(=O)n2N)c1. The topological polar surface area (TPSA) is 75.1 Å². The smallest absolute Gasteiger partial charge is 0.271 e. The zero-order valence-electron chi connectivity index (χ0n) is 13.0. The molecule has 0 atom stereocenters. The molecule has 3 rings (SSSR count). The highest BCUT2D eigenvalue weighted by molar-refractivity contribution is 5.64. The number of hydrogen-bond acceptors (Lipinski definition) is 4. The van der Waals surface area contributed by atoms with Crippen molar-refractivity contribution >= 4 is 0 Å². The second-order valence-electron chi connectivity index (χ2n) is 5.47. The van der Waals surface area contributed by atoms with Crippen molar-refractivity contribution in [3.63, 3.8) is 0 Å². The highest BCUT2D eigenvalue weighted by atomic mass is 16.5. The van der Waals surface area contributed by atoms with Gasteiger partial charge in [-0.25, -0.2) is 9.66 Å². The van der Waals surface area contributed by atoms with Crippen LogP contribution in [0.1, 0.15) is 13.8 Å². The van der Waals surface area contributed by atoms with Crippen LogP contribution in [0.25, 0.3) is 16.9 Å². The standard InChI is InChI=1S/C17H18N4O2/c1-12(2)23-15-5-3-4-13(8-15)16-9-14(10-17(22)21(16)18)20-7-6-19-11-20/h3-12H,18H2,1-2H3. The minimum atomic E-state index is -0.290. The first-order valence-corrected chi connectivity index (χ1v) is 7.32. The summed E-state index contributed by atoms with van der Waals surface area (Å²) in [6.07, 6.45) is 5.14. The van der Waals surface area contributed by atoms with Crippen LogP contribution in [0.4, 0.5) is 0 Å². The van der Waals surface area contributed by atoms with Gasteiger partial charge in [0.15, 0.2) is 0 Å². The van der Waals surface area contributed by atoms with E-state index in [0.29, 0.717) is 11.4 Å². The van der Waals surface area contributed by atoms with Gasteiger partial charge in [0.05, 0.1) is 23.8 Å². The first kappa shape index (κ1) is 14.9. The summed E-state index contributed by atoms with van der Waals surface area (Å²) in [6, 6.07) is 10.8. The highest BCUT2D eigenvalue weighted by Gasteiger charge is 2.09. The van der Waals surface area contributed by atoms with Gasteiger partial charge in [-0.1, -0.05) is 12.1 Å². The number of rotatable bonds is 4. The second kappa shape index (κ2) is 6.00. The molecule has 2 heterocycles. The lowest BCUT2D eigenvalue weighted by molar-refractivity contribution is 0.242. The Labute approximate surface area is 133 Å². The Morgan fingerprint density at radius 1 is 1.22 bits per heavy atom. The van der Waals surface area contributed by atoms with Gasteiger partial charge in [-0.15, -0.1) is 0 Å². The van der Waals surface area contributed by atoms with Gasteiger partial charge in [-0.05, 0) is 32.0 Å². The number of ether oxygens (including phenoxy) is 1. The van der Waals surface area contributed by atoms with Gasteiger partial charge in [0, 0.05) is 24.0 Å². The molecule has 23 heavy (non-hydrogen) atoms. The average Bonchev–Trinajstić information content (AvgIpc) is 3.04. The van der Waals surface area contributed by atoms with E-state index in [0.717, 1.165) is 16.0 Å². The van der Waals surface area contributed by atoms with E-state index in [9.17, 15) is 4.79 Å². The molecule has 118 valence electrons. The van der Waals surface area contributed by atoms with E-state index in [1.807, 2.05) is 44.2 Å². The van der Waals surface area contributed by atoms with E-state index in [1.54, 1.807) is 23.3 Å². The van der Waals surface area contributed by atoms with Crippen LogP contribution in [0.5, 0.6) is 5.75 Å². The number of aromatic nitrogens is 3. The van der Waals surface area contributed by atoms with E-state index < -0.39 is 0 Å². The molecule has 0 aliphatic rings. The number of hydrogen-bond donors (Lipinski definition) is 1. The summed E-state index contributed by atoms with van der Waals surface area (Å²) < 4.78 is 8.60. The van der Waals surface area contributed by atoms with Crippen LogP contribution in [0.3, 0.4) is 0 Å². The number of nitrogen functional groups attached to an aromatic ring is 1. The summed E-state index contributed by atoms with van der Waals surface area (Å²) >= 11 is 0. The zero-order chi connectivity index (χ0) is 16.4. The molecular formula is C17H18N4O2. The Hall–Kier alpha value is -3.02. The monoisotopic (exact) mass is 310 g/mol. The quantitative estimate of drug-likeness (QED) is 0.750. The Morgan fingerprint density at radius 3 is 2.74 bits per heavy atom. The third-order valence-corrected chi connectivity index (χ3v) is 3.36. The van der Waals surface area contributed by atoms with Gasteiger partial charge >= 0.3 is 0 Å².